The summed E-state index contributed by atoms with van der Waals surface area (Å²) in [5.41, 5.74) is -0.955. The molecule has 7 nitrogen and oxygen atoms in total. The molecule has 0 spiro atoms. The summed E-state index contributed by atoms with van der Waals surface area (Å²) in [7, 11) is 0. The number of pyridine rings is 1. The lowest BCUT2D eigenvalue weighted by molar-refractivity contribution is -0.387. The van der Waals surface area contributed by atoms with E-state index in [1.165, 1.54) is 6.20 Å². The van der Waals surface area contributed by atoms with Gasteiger partial charge in [0.05, 0.1) is 11.5 Å². The summed E-state index contributed by atoms with van der Waals surface area (Å²) in [6.45, 7) is 3.51. The molecule has 1 aromatic rings. The Labute approximate surface area is 123 Å². The summed E-state index contributed by atoms with van der Waals surface area (Å²) in [6, 6.07) is 0. The maximum Gasteiger partial charge on any atom is 0.350 e. The molecule has 20 heavy (non-hydrogen) atoms. The van der Waals surface area contributed by atoms with Crippen LogP contribution >= 0.6 is 15.9 Å². The Bertz CT molecular complexity index is 571. The molecule has 1 fully saturated rings. The second-order valence-corrected chi connectivity index (χ2v) is 5.31. The number of nitrogens with zero attached hydrogens (tertiary/aromatic N) is 2. The highest BCUT2D eigenvalue weighted by Gasteiger charge is 2.55. The molecule has 0 saturated heterocycles. The zero-order chi connectivity index (χ0) is 14.9. The van der Waals surface area contributed by atoms with Gasteiger partial charge in [0.15, 0.2) is 0 Å². The van der Waals surface area contributed by atoms with Gasteiger partial charge in [-0.05, 0) is 29.8 Å². The van der Waals surface area contributed by atoms with E-state index in [0.29, 0.717) is 22.9 Å². The number of nitro groups is 1. The highest BCUT2D eigenvalue weighted by atomic mass is 79.9. The van der Waals surface area contributed by atoms with Gasteiger partial charge in [0, 0.05) is 29.1 Å². The molecule has 108 valence electrons. The van der Waals surface area contributed by atoms with Crippen molar-refractivity contribution in [3.8, 4) is 5.88 Å². The molecule has 8 heteroatoms. The van der Waals surface area contributed by atoms with Gasteiger partial charge in [0.1, 0.15) is 0 Å². The van der Waals surface area contributed by atoms with E-state index in [9.17, 15) is 14.9 Å². The second-order valence-electron chi connectivity index (χ2n) is 4.46. The first kappa shape index (κ1) is 14.7. The topological polar surface area (TPSA) is 91.6 Å². The van der Waals surface area contributed by atoms with Gasteiger partial charge < -0.3 is 9.47 Å². The normalized spacial score (nSPS) is 15.6. The number of aromatic nitrogens is 1. The molecule has 2 rings (SSSR count). The molecule has 0 unspecified atom stereocenters. The Morgan fingerprint density at radius 2 is 2.25 bits per heavy atom. The zero-order valence-corrected chi connectivity index (χ0v) is 12.6. The van der Waals surface area contributed by atoms with Gasteiger partial charge >= 0.3 is 11.7 Å². The first-order valence-corrected chi connectivity index (χ1v) is 6.86. The molecule has 1 aliphatic rings. The van der Waals surface area contributed by atoms with E-state index in [-0.39, 0.29) is 18.2 Å². The summed E-state index contributed by atoms with van der Waals surface area (Å²) in [4.78, 5) is 26.3. The molecule has 0 atom stereocenters. The summed E-state index contributed by atoms with van der Waals surface area (Å²) in [6.07, 6.45) is 2.36. The fourth-order valence-corrected chi connectivity index (χ4v) is 2.04. The third kappa shape index (κ3) is 2.60. The van der Waals surface area contributed by atoms with E-state index in [4.69, 9.17) is 9.47 Å². The van der Waals surface area contributed by atoms with Crippen molar-refractivity contribution in [3.63, 3.8) is 0 Å². The van der Waals surface area contributed by atoms with Gasteiger partial charge in [-0.25, -0.2) is 9.78 Å². The quantitative estimate of drug-likeness (QED) is 0.463. The molecular formula is C12H13BrN2O5. The fourth-order valence-electron chi connectivity index (χ4n) is 1.75. The Balaban J connectivity index is 2.33. The van der Waals surface area contributed by atoms with Crippen molar-refractivity contribution in [2.75, 3.05) is 6.61 Å². The van der Waals surface area contributed by atoms with Gasteiger partial charge in [-0.3, -0.25) is 10.1 Å². The maximum atomic E-state index is 11.8. The molecule has 1 heterocycles. The van der Waals surface area contributed by atoms with E-state index in [0.717, 1.165) is 0 Å². The Morgan fingerprint density at radius 1 is 1.60 bits per heavy atom. The number of esters is 1. The highest BCUT2D eigenvalue weighted by Crippen LogP contribution is 2.44. The van der Waals surface area contributed by atoms with Crippen LogP contribution in [0, 0.1) is 17.0 Å². The molecule has 0 bridgehead atoms. The van der Waals surface area contributed by atoms with Crippen LogP contribution in [0.25, 0.3) is 0 Å². The van der Waals surface area contributed by atoms with Gasteiger partial charge in [-0.15, -0.1) is 0 Å². The first-order chi connectivity index (χ1) is 9.41. The SMILES string of the molecule is CCOC(=O)C1(Oc2ncc(Br)c(C)c2[N+](=O)[O-])CC1. The third-order valence-electron chi connectivity index (χ3n) is 3.04. The molecule has 0 aliphatic heterocycles. The zero-order valence-electron chi connectivity index (χ0n) is 11.0. The predicted molar refractivity (Wildman–Crippen MR) is 72.6 cm³/mol. The van der Waals surface area contributed by atoms with Crippen molar-refractivity contribution < 1.29 is 19.2 Å². The van der Waals surface area contributed by atoms with Crippen molar-refractivity contribution in [3.05, 3.63) is 26.3 Å². The number of hydrogen-bond donors (Lipinski definition) is 0. The van der Waals surface area contributed by atoms with Crippen LogP contribution in [0.3, 0.4) is 0 Å². The number of rotatable bonds is 5. The second kappa shape index (κ2) is 5.35. The maximum absolute atomic E-state index is 11.8. The predicted octanol–water partition coefficient (Wildman–Crippen LogP) is 2.54. The van der Waals surface area contributed by atoms with Gasteiger partial charge in [0.25, 0.3) is 5.88 Å². The van der Waals surface area contributed by atoms with Crippen LogP contribution in [0.5, 0.6) is 5.88 Å². The average Bonchev–Trinajstić information content (AvgIpc) is 3.15. The smallest absolute Gasteiger partial charge is 0.350 e. The molecule has 1 aliphatic carbocycles. The monoisotopic (exact) mass is 344 g/mol. The minimum atomic E-state index is -1.12. The van der Waals surface area contributed by atoms with Crippen molar-refractivity contribution >= 4 is 27.6 Å². The van der Waals surface area contributed by atoms with E-state index >= 15 is 0 Å². The number of hydrogen-bond acceptors (Lipinski definition) is 6. The minimum Gasteiger partial charge on any atom is -0.463 e. The van der Waals surface area contributed by atoms with E-state index in [1.54, 1.807) is 13.8 Å². The molecule has 1 saturated carbocycles. The van der Waals surface area contributed by atoms with Crippen LogP contribution in [0.4, 0.5) is 5.69 Å². The number of carbonyl (C=O) groups excluding carboxylic acids is 1. The lowest BCUT2D eigenvalue weighted by Crippen LogP contribution is -2.32. The van der Waals surface area contributed by atoms with E-state index < -0.39 is 16.5 Å². The van der Waals surface area contributed by atoms with Crippen molar-refractivity contribution in [1.82, 2.24) is 4.98 Å². The number of halogens is 1. The summed E-state index contributed by atoms with van der Waals surface area (Å²) < 4.78 is 10.9. The lowest BCUT2D eigenvalue weighted by atomic mass is 10.2. The van der Waals surface area contributed by atoms with E-state index in [1.807, 2.05) is 0 Å². The number of ether oxygens (including phenoxy) is 2. The summed E-state index contributed by atoms with van der Waals surface area (Å²) >= 11 is 3.18. The van der Waals surface area contributed by atoms with Crippen LogP contribution in [0.2, 0.25) is 0 Å². The van der Waals surface area contributed by atoms with Gasteiger partial charge in [-0.1, -0.05) is 0 Å². The Hall–Kier alpha value is -1.70. The van der Waals surface area contributed by atoms with Crippen LogP contribution in [-0.2, 0) is 9.53 Å². The molecule has 0 amide bonds. The molecular weight excluding hydrogens is 332 g/mol. The van der Waals surface area contributed by atoms with Crippen LogP contribution < -0.4 is 4.74 Å². The molecule has 0 aromatic carbocycles. The van der Waals surface area contributed by atoms with Crippen LogP contribution in [0.1, 0.15) is 25.3 Å². The number of carbonyl (C=O) groups is 1. The Kier molecular flexibility index (Phi) is 3.94. The summed E-state index contributed by atoms with van der Waals surface area (Å²) in [5, 5.41) is 11.1. The standard InChI is InChI=1S/C12H13BrN2O5/c1-3-19-11(16)12(4-5-12)20-10-9(15(17)18)7(2)8(13)6-14-10/h6H,3-5H2,1-2H3. The third-order valence-corrected chi connectivity index (χ3v) is 3.84. The average molecular weight is 345 g/mol. The lowest BCUT2D eigenvalue weighted by Gasteiger charge is -2.16. The van der Waals surface area contributed by atoms with Crippen molar-refractivity contribution in [2.24, 2.45) is 0 Å². The van der Waals surface area contributed by atoms with E-state index in [2.05, 4.69) is 20.9 Å². The minimum absolute atomic E-state index is 0.152. The molecule has 0 N–H and O–H groups in total. The Morgan fingerprint density at radius 3 is 2.75 bits per heavy atom. The largest absolute Gasteiger partial charge is 0.463 e. The van der Waals surface area contributed by atoms with Crippen molar-refractivity contribution in [1.29, 1.82) is 0 Å². The summed E-state index contributed by atoms with van der Waals surface area (Å²) in [5.74, 6) is -0.655. The molecule has 1 aromatic heterocycles. The first-order valence-electron chi connectivity index (χ1n) is 6.07. The van der Waals surface area contributed by atoms with Crippen LogP contribution in [-0.4, -0.2) is 28.1 Å². The molecule has 0 radical (unpaired) electrons. The van der Waals surface area contributed by atoms with Crippen molar-refractivity contribution in [2.45, 2.75) is 32.3 Å². The fraction of sp³-hybridized carbons (Fsp3) is 0.500. The van der Waals surface area contributed by atoms with Gasteiger partial charge in [-0.2, -0.15) is 0 Å². The van der Waals surface area contributed by atoms with Crippen LogP contribution in [0.15, 0.2) is 10.7 Å². The highest BCUT2D eigenvalue weighted by molar-refractivity contribution is 9.10. The van der Waals surface area contributed by atoms with Gasteiger partial charge in [0.2, 0.25) is 5.60 Å².